The molecule has 0 saturated heterocycles. The minimum Gasteiger partial charge on any atom is -0.466 e. The van der Waals surface area contributed by atoms with E-state index in [4.69, 9.17) is 9.84 Å². The molecule has 0 aliphatic carbocycles. The van der Waals surface area contributed by atoms with Gasteiger partial charge in [-0.1, -0.05) is 12.1 Å². The van der Waals surface area contributed by atoms with Crippen LogP contribution in [0.1, 0.15) is 0 Å². The summed E-state index contributed by atoms with van der Waals surface area (Å²) in [7, 11) is 1.24. The molecule has 0 saturated carbocycles. The molecule has 1 aromatic carbocycles. The molecule has 0 radical (unpaired) electrons. The van der Waals surface area contributed by atoms with E-state index in [9.17, 15) is 14.4 Å². The number of aromatic amines is 1. The first-order valence-electron chi connectivity index (χ1n) is 7.66. The maximum absolute atomic E-state index is 12.5. The van der Waals surface area contributed by atoms with Gasteiger partial charge in [-0.15, -0.1) is 0 Å². The highest BCUT2D eigenvalue weighted by Gasteiger charge is 2.34. The number of anilines is 1. The van der Waals surface area contributed by atoms with Crippen LogP contribution >= 0.6 is 0 Å². The molecule has 0 fully saturated rings. The molecule has 0 spiro atoms. The van der Waals surface area contributed by atoms with Gasteiger partial charge in [-0.25, -0.2) is 4.79 Å². The number of H-pyrrole nitrogens is 1. The first kappa shape index (κ1) is 16.7. The standard InChI is InChI=1S/C17H17N3O5/c1-25-17(24)11-9-20(7-8-21)16(23)15(11)18-12-4-2-3-10-5-6-13(22)19-14(10)12/h2-6,18,21H,7-9H2,1H3,(H,19,22). The van der Waals surface area contributed by atoms with Gasteiger partial charge in [0.15, 0.2) is 0 Å². The van der Waals surface area contributed by atoms with Crippen molar-refractivity contribution < 1.29 is 19.4 Å². The molecule has 0 bridgehead atoms. The number of aromatic nitrogens is 1. The Labute approximate surface area is 142 Å². The van der Waals surface area contributed by atoms with Gasteiger partial charge in [-0.05, 0) is 12.1 Å². The zero-order valence-corrected chi connectivity index (χ0v) is 13.5. The van der Waals surface area contributed by atoms with E-state index in [-0.39, 0.29) is 36.5 Å². The fourth-order valence-corrected chi connectivity index (χ4v) is 2.77. The molecular weight excluding hydrogens is 326 g/mol. The zero-order valence-electron chi connectivity index (χ0n) is 13.5. The summed E-state index contributed by atoms with van der Waals surface area (Å²) in [5.41, 5.74) is 1.00. The van der Waals surface area contributed by atoms with Crippen molar-refractivity contribution in [1.29, 1.82) is 0 Å². The van der Waals surface area contributed by atoms with Crippen LogP contribution in [-0.2, 0) is 14.3 Å². The molecule has 25 heavy (non-hydrogen) atoms. The van der Waals surface area contributed by atoms with E-state index < -0.39 is 11.9 Å². The number of rotatable bonds is 5. The highest BCUT2D eigenvalue weighted by molar-refractivity contribution is 6.09. The molecule has 1 amide bonds. The van der Waals surface area contributed by atoms with Crippen LogP contribution in [0.5, 0.6) is 0 Å². The van der Waals surface area contributed by atoms with Crippen molar-refractivity contribution in [3.63, 3.8) is 0 Å². The molecule has 130 valence electrons. The number of esters is 1. The summed E-state index contributed by atoms with van der Waals surface area (Å²) >= 11 is 0. The Morgan fingerprint density at radius 1 is 1.32 bits per heavy atom. The summed E-state index contributed by atoms with van der Waals surface area (Å²) in [6, 6.07) is 8.37. The Kier molecular flexibility index (Phi) is 4.53. The topological polar surface area (TPSA) is 112 Å². The number of para-hydroxylation sites is 1. The van der Waals surface area contributed by atoms with Crippen molar-refractivity contribution in [2.24, 2.45) is 0 Å². The van der Waals surface area contributed by atoms with Gasteiger partial charge >= 0.3 is 5.97 Å². The second-order valence-corrected chi connectivity index (χ2v) is 5.51. The average Bonchev–Trinajstić information content (AvgIpc) is 2.91. The Morgan fingerprint density at radius 2 is 2.12 bits per heavy atom. The van der Waals surface area contributed by atoms with Gasteiger partial charge in [-0.2, -0.15) is 0 Å². The third-order valence-corrected chi connectivity index (χ3v) is 3.97. The Balaban J connectivity index is 2.05. The minimum atomic E-state index is -0.620. The second-order valence-electron chi connectivity index (χ2n) is 5.51. The third kappa shape index (κ3) is 3.11. The van der Waals surface area contributed by atoms with Crippen LogP contribution in [0.25, 0.3) is 10.9 Å². The third-order valence-electron chi connectivity index (χ3n) is 3.97. The zero-order chi connectivity index (χ0) is 18.0. The molecule has 0 atom stereocenters. The van der Waals surface area contributed by atoms with E-state index in [0.717, 1.165) is 5.39 Å². The largest absolute Gasteiger partial charge is 0.466 e. The lowest BCUT2D eigenvalue weighted by Crippen LogP contribution is -2.31. The van der Waals surface area contributed by atoms with Gasteiger partial charge in [-0.3, -0.25) is 9.59 Å². The number of hydrogen-bond donors (Lipinski definition) is 3. The van der Waals surface area contributed by atoms with Crippen LogP contribution in [0.4, 0.5) is 5.69 Å². The van der Waals surface area contributed by atoms with E-state index in [1.807, 2.05) is 6.07 Å². The van der Waals surface area contributed by atoms with E-state index >= 15 is 0 Å². The van der Waals surface area contributed by atoms with Crippen molar-refractivity contribution in [3.8, 4) is 0 Å². The molecule has 3 rings (SSSR count). The van der Waals surface area contributed by atoms with E-state index in [1.165, 1.54) is 18.1 Å². The van der Waals surface area contributed by atoms with Gasteiger partial charge in [0.1, 0.15) is 5.70 Å². The quantitative estimate of drug-likeness (QED) is 0.669. The molecule has 3 N–H and O–H groups in total. The molecule has 2 heterocycles. The predicted molar refractivity (Wildman–Crippen MR) is 90.9 cm³/mol. The number of nitrogens with one attached hydrogen (secondary N) is 2. The van der Waals surface area contributed by atoms with Gasteiger partial charge in [0.25, 0.3) is 5.91 Å². The van der Waals surface area contributed by atoms with Crippen LogP contribution in [0, 0.1) is 0 Å². The summed E-state index contributed by atoms with van der Waals surface area (Å²) in [6.45, 7) is -0.0539. The molecular formula is C17H17N3O5. The number of aliphatic hydroxyl groups is 1. The summed E-state index contributed by atoms with van der Waals surface area (Å²) in [6.07, 6.45) is 0. The number of carbonyl (C=O) groups excluding carboxylic acids is 2. The molecule has 1 aliphatic heterocycles. The lowest BCUT2D eigenvalue weighted by molar-refractivity contribution is -0.136. The van der Waals surface area contributed by atoms with Gasteiger partial charge in [0.2, 0.25) is 5.56 Å². The molecule has 8 heteroatoms. The maximum Gasteiger partial charge on any atom is 0.337 e. The number of methoxy groups -OCH3 is 1. The van der Waals surface area contributed by atoms with Crippen LogP contribution in [0.3, 0.4) is 0 Å². The van der Waals surface area contributed by atoms with Crippen LogP contribution in [-0.4, -0.2) is 53.7 Å². The molecule has 1 aliphatic rings. The summed E-state index contributed by atoms with van der Waals surface area (Å²) in [4.78, 5) is 40.2. The second kappa shape index (κ2) is 6.78. The number of hydrogen-bond acceptors (Lipinski definition) is 6. The normalized spacial score (nSPS) is 14.3. The van der Waals surface area contributed by atoms with Crippen LogP contribution in [0.2, 0.25) is 0 Å². The lowest BCUT2D eigenvalue weighted by atomic mass is 10.1. The predicted octanol–water partition coefficient (Wildman–Crippen LogP) is 0.202. The molecule has 2 aromatic rings. The monoisotopic (exact) mass is 343 g/mol. The number of carbonyl (C=O) groups is 2. The Hall–Kier alpha value is -3.13. The average molecular weight is 343 g/mol. The van der Waals surface area contributed by atoms with Crippen molar-refractivity contribution in [2.45, 2.75) is 0 Å². The first-order valence-corrected chi connectivity index (χ1v) is 7.66. The molecule has 8 nitrogen and oxygen atoms in total. The summed E-state index contributed by atoms with van der Waals surface area (Å²) in [5, 5.41) is 12.8. The Morgan fingerprint density at radius 3 is 2.84 bits per heavy atom. The van der Waals surface area contributed by atoms with Crippen LogP contribution in [0.15, 0.2) is 46.4 Å². The molecule has 1 aromatic heterocycles. The van der Waals surface area contributed by atoms with Gasteiger partial charge < -0.3 is 25.0 Å². The number of β-amino-alcohol motifs (C(OH)–C–C–N with tert-alkyl or cyclic N) is 1. The van der Waals surface area contributed by atoms with E-state index in [2.05, 4.69) is 10.3 Å². The summed E-state index contributed by atoms with van der Waals surface area (Å²) < 4.78 is 4.75. The Bertz CT molecular complexity index is 931. The van der Waals surface area contributed by atoms with Crippen molar-refractivity contribution in [2.75, 3.05) is 32.1 Å². The smallest absolute Gasteiger partial charge is 0.337 e. The lowest BCUT2D eigenvalue weighted by Gasteiger charge is -2.15. The molecule has 0 unspecified atom stereocenters. The number of pyridine rings is 1. The van der Waals surface area contributed by atoms with E-state index in [1.54, 1.807) is 18.2 Å². The number of fused-ring (bicyclic) bond motifs is 1. The summed E-state index contributed by atoms with van der Waals surface area (Å²) in [5.74, 6) is -1.03. The SMILES string of the molecule is COC(=O)C1=C(Nc2cccc3ccc(=O)[nH]c23)C(=O)N(CCO)C1. The number of benzene rings is 1. The number of amides is 1. The number of aliphatic hydroxyl groups excluding tert-OH is 1. The highest BCUT2D eigenvalue weighted by atomic mass is 16.5. The van der Waals surface area contributed by atoms with Crippen molar-refractivity contribution in [1.82, 2.24) is 9.88 Å². The van der Waals surface area contributed by atoms with Crippen molar-refractivity contribution >= 4 is 28.5 Å². The highest BCUT2D eigenvalue weighted by Crippen LogP contribution is 2.26. The van der Waals surface area contributed by atoms with E-state index in [0.29, 0.717) is 11.2 Å². The fraction of sp³-hybridized carbons (Fsp3) is 0.235. The van der Waals surface area contributed by atoms with Gasteiger partial charge in [0.05, 0.1) is 37.0 Å². The fourth-order valence-electron chi connectivity index (χ4n) is 2.77. The van der Waals surface area contributed by atoms with Gasteiger partial charge in [0, 0.05) is 18.0 Å². The number of ether oxygens (including phenoxy) is 1. The maximum atomic E-state index is 12.5. The van der Waals surface area contributed by atoms with Crippen molar-refractivity contribution in [3.05, 3.63) is 52.0 Å². The minimum absolute atomic E-state index is 0.0513. The number of nitrogens with zero attached hydrogens (tertiary/aromatic N) is 1. The first-order chi connectivity index (χ1) is 12.0. The van der Waals surface area contributed by atoms with Crippen LogP contribution < -0.4 is 10.9 Å².